The molecule has 0 radical (unpaired) electrons. The van der Waals surface area contributed by atoms with Gasteiger partial charge in [0.05, 0.1) is 0 Å². The Hall–Kier alpha value is -2.53. The lowest BCUT2D eigenvalue weighted by molar-refractivity contribution is -0.142. The van der Waals surface area contributed by atoms with Crippen molar-refractivity contribution in [3.8, 4) is 5.75 Å². The first-order valence-corrected chi connectivity index (χ1v) is 11.2. The molecule has 0 aliphatic heterocycles. The average Bonchev–Trinajstić information content (AvgIpc) is 2.68. The summed E-state index contributed by atoms with van der Waals surface area (Å²) < 4.78 is 5.76. The summed E-state index contributed by atoms with van der Waals surface area (Å²) in [5, 5.41) is 3.53. The number of ether oxygens (including phenoxy) is 1. The van der Waals surface area contributed by atoms with Crippen molar-refractivity contribution in [2.45, 2.75) is 72.0 Å². The Bertz CT molecular complexity index is 927. The van der Waals surface area contributed by atoms with Crippen LogP contribution < -0.4 is 10.1 Å². The predicted octanol–water partition coefficient (Wildman–Crippen LogP) is 5.35. The monoisotopic (exact) mass is 458 g/mol. The maximum absolute atomic E-state index is 13.1. The highest BCUT2D eigenvalue weighted by atomic mass is 35.5. The van der Waals surface area contributed by atoms with Gasteiger partial charge in [-0.25, -0.2) is 0 Å². The van der Waals surface area contributed by atoms with Gasteiger partial charge in [0.15, 0.2) is 6.61 Å². The van der Waals surface area contributed by atoms with Crippen molar-refractivity contribution in [2.24, 2.45) is 0 Å². The number of nitrogens with one attached hydrogen (secondary N) is 1. The second kappa shape index (κ2) is 10.4. The second-order valence-corrected chi connectivity index (χ2v) is 10.6. The quantitative estimate of drug-likeness (QED) is 0.608. The van der Waals surface area contributed by atoms with Gasteiger partial charge in [-0.05, 0) is 68.5 Å². The fourth-order valence-corrected chi connectivity index (χ4v) is 3.38. The number of carbonyl (C=O) groups is 2. The Morgan fingerprint density at radius 1 is 1.03 bits per heavy atom. The molecule has 0 bridgehead atoms. The summed E-state index contributed by atoms with van der Waals surface area (Å²) in [5.41, 5.74) is 1.67. The smallest absolute Gasteiger partial charge is 0.261 e. The van der Waals surface area contributed by atoms with Gasteiger partial charge in [0.25, 0.3) is 5.91 Å². The lowest BCUT2D eigenvalue weighted by Crippen LogP contribution is -2.53. The Morgan fingerprint density at radius 2 is 1.66 bits per heavy atom. The molecule has 0 spiro atoms. The molecule has 0 saturated carbocycles. The summed E-state index contributed by atoms with van der Waals surface area (Å²) >= 11 is 6.12. The van der Waals surface area contributed by atoms with Crippen molar-refractivity contribution in [1.29, 1.82) is 0 Å². The summed E-state index contributed by atoms with van der Waals surface area (Å²) in [4.78, 5) is 27.5. The molecule has 2 aromatic rings. The van der Waals surface area contributed by atoms with Crippen molar-refractivity contribution in [2.75, 3.05) is 6.61 Å². The number of hydrogen-bond donors (Lipinski definition) is 1. The highest BCUT2D eigenvalue weighted by Crippen LogP contribution is 2.24. The van der Waals surface area contributed by atoms with Gasteiger partial charge in [-0.1, -0.05) is 56.6 Å². The first-order chi connectivity index (χ1) is 14.8. The van der Waals surface area contributed by atoms with Crippen LogP contribution in [0, 0.1) is 0 Å². The Balaban J connectivity index is 2.16. The molecule has 6 heteroatoms. The van der Waals surface area contributed by atoms with Crippen LogP contribution in [0.1, 0.15) is 59.6 Å². The molecule has 1 N–H and O–H groups in total. The van der Waals surface area contributed by atoms with E-state index in [0.29, 0.717) is 10.8 Å². The molecule has 0 aromatic heterocycles. The number of halogens is 1. The first-order valence-electron chi connectivity index (χ1n) is 10.9. The zero-order valence-electron chi connectivity index (χ0n) is 20.2. The largest absolute Gasteiger partial charge is 0.484 e. The number of benzene rings is 2. The van der Waals surface area contributed by atoms with Crippen molar-refractivity contribution in [3.05, 3.63) is 64.7 Å². The molecular formula is C26H35ClN2O3. The van der Waals surface area contributed by atoms with Crippen LogP contribution in [-0.4, -0.2) is 34.9 Å². The maximum atomic E-state index is 13.1. The molecule has 2 rings (SSSR count). The summed E-state index contributed by atoms with van der Waals surface area (Å²) in [5.74, 6) is 0.115. The minimum atomic E-state index is -0.674. The second-order valence-electron chi connectivity index (χ2n) is 10.1. The van der Waals surface area contributed by atoms with E-state index in [-0.39, 0.29) is 30.4 Å². The van der Waals surface area contributed by atoms with Gasteiger partial charge in [-0.3, -0.25) is 9.59 Å². The third-order valence-electron chi connectivity index (χ3n) is 4.99. The van der Waals surface area contributed by atoms with Crippen molar-refractivity contribution in [1.82, 2.24) is 10.2 Å². The van der Waals surface area contributed by atoms with Gasteiger partial charge in [-0.15, -0.1) is 0 Å². The Morgan fingerprint density at radius 3 is 2.19 bits per heavy atom. The van der Waals surface area contributed by atoms with Crippen LogP contribution in [0.3, 0.4) is 0 Å². The predicted molar refractivity (Wildman–Crippen MR) is 130 cm³/mol. The number of rotatable bonds is 7. The third kappa shape index (κ3) is 7.86. The zero-order valence-corrected chi connectivity index (χ0v) is 20.9. The molecule has 0 fully saturated rings. The molecule has 0 saturated heterocycles. The van der Waals surface area contributed by atoms with E-state index in [4.69, 9.17) is 16.3 Å². The summed E-state index contributed by atoms with van der Waals surface area (Å²) in [7, 11) is 0. The van der Waals surface area contributed by atoms with Gasteiger partial charge >= 0.3 is 0 Å². The highest BCUT2D eigenvalue weighted by Gasteiger charge is 2.28. The van der Waals surface area contributed by atoms with E-state index in [1.54, 1.807) is 19.1 Å². The normalized spacial score (nSPS) is 12.8. The SMILES string of the molecule is C[C@H](C(=O)NC(C)(C)C)N(Cc1cccc(Cl)c1)C(=O)COc1ccc(C(C)(C)C)cc1. The molecule has 0 heterocycles. The lowest BCUT2D eigenvalue weighted by atomic mass is 9.87. The maximum Gasteiger partial charge on any atom is 0.261 e. The van der Waals surface area contributed by atoms with Crippen LogP contribution in [0.15, 0.2) is 48.5 Å². The van der Waals surface area contributed by atoms with Gasteiger partial charge in [0, 0.05) is 17.1 Å². The van der Waals surface area contributed by atoms with E-state index in [0.717, 1.165) is 5.56 Å². The van der Waals surface area contributed by atoms with E-state index < -0.39 is 11.6 Å². The van der Waals surface area contributed by atoms with Crippen LogP contribution in [0.25, 0.3) is 0 Å². The molecule has 1 atom stereocenters. The fraction of sp³-hybridized carbons (Fsp3) is 0.462. The number of amides is 2. The summed E-state index contributed by atoms with van der Waals surface area (Å²) in [6.07, 6.45) is 0. The molecule has 0 aliphatic carbocycles. The standard InChI is InChI=1S/C26H35ClN2O3/c1-18(24(31)28-26(5,6)7)29(16-19-9-8-10-21(27)15-19)23(30)17-32-22-13-11-20(12-14-22)25(2,3)4/h8-15,18H,16-17H2,1-7H3,(H,28,31)/t18-/m1/s1. The van der Waals surface area contributed by atoms with Crippen LogP contribution in [0.4, 0.5) is 0 Å². The Labute approximate surface area is 197 Å². The minimum absolute atomic E-state index is 0.0396. The van der Waals surface area contributed by atoms with Crippen molar-refractivity contribution < 1.29 is 14.3 Å². The van der Waals surface area contributed by atoms with Gasteiger partial charge in [0.1, 0.15) is 11.8 Å². The van der Waals surface area contributed by atoms with E-state index in [1.807, 2.05) is 57.2 Å². The average molecular weight is 459 g/mol. The molecule has 32 heavy (non-hydrogen) atoms. The lowest BCUT2D eigenvalue weighted by Gasteiger charge is -2.31. The van der Waals surface area contributed by atoms with Gasteiger partial charge in [0.2, 0.25) is 5.91 Å². The summed E-state index contributed by atoms with van der Waals surface area (Å²) in [6.45, 7) is 14.0. The van der Waals surface area contributed by atoms with Crippen LogP contribution >= 0.6 is 11.6 Å². The number of nitrogens with zero attached hydrogens (tertiary/aromatic N) is 1. The topological polar surface area (TPSA) is 58.6 Å². The molecule has 2 aromatic carbocycles. The van der Waals surface area contributed by atoms with Crippen LogP contribution in [0.5, 0.6) is 5.75 Å². The van der Waals surface area contributed by atoms with Crippen molar-refractivity contribution in [3.63, 3.8) is 0 Å². The van der Waals surface area contributed by atoms with E-state index in [9.17, 15) is 9.59 Å². The third-order valence-corrected chi connectivity index (χ3v) is 5.23. The molecule has 0 unspecified atom stereocenters. The molecule has 174 valence electrons. The molecule has 5 nitrogen and oxygen atoms in total. The van der Waals surface area contributed by atoms with Crippen LogP contribution in [-0.2, 0) is 21.5 Å². The first kappa shape index (κ1) is 25.7. The van der Waals surface area contributed by atoms with E-state index in [1.165, 1.54) is 10.5 Å². The fourth-order valence-electron chi connectivity index (χ4n) is 3.17. The van der Waals surface area contributed by atoms with Crippen LogP contribution in [0.2, 0.25) is 5.02 Å². The minimum Gasteiger partial charge on any atom is -0.484 e. The van der Waals surface area contributed by atoms with E-state index in [2.05, 4.69) is 26.1 Å². The van der Waals surface area contributed by atoms with Gasteiger partial charge in [-0.2, -0.15) is 0 Å². The molecule has 2 amide bonds. The van der Waals surface area contributed by atoms with E-state index >= 15 is 0 Å². The number of hydrogen-bond acceptors (Lipinski definition) is 3. The van der Waals surface area contributed by atoms with Gasteiger partial charge < -0.3 is 15.0 Å². The molecular weight excluding hydrogens is 424 g/mol. The summed E-state index contributed by atoms with van der Waals surface area (Å²) in [6, 6.07) is 14.3. The molecule has 0 aliphatic rings. The Kier molecular flexibility index (Phi) is 8.35. The zero-order chi connectivity index (χ0) is 24.1. The highest BCUT2D eigenvalue weighted by molar-refractivity contribution is 6.30. The van der Waals surface area contributed by atoms with Crippen molar-refractivity contribution >= 4 is 23.4 Å². The number of carbonyl (C=O) groups excluding carboxylic acids is 2.